The largest absolute Gasteiger partial charge is 0.480 e. The number of carbonyl (C=O) groups excluding carboxylic acids is 1. The van der Waals surface area contributed by atoms with Crippen molar-refractivity contribution in [3.63, 3.8) is 0 Å². The van der Waals surface area contributed by atoms with Gasteiger partial charge in [-0.05, 0) is 26.7 Å². The molecule has 16 heavy (non-hydrogen) atoms. The van der Waals surface area contributed by atoms with E-state index in [2.05, 4.69) is 10.6 Å². The molecule has 0 saturated heterocycles. The number of aliphatic carboxylic acids is 1. The molecule has 0 aromatic carbocycles. The molecule has 0 aliphatic heterocycles. The fourth-order valence-electron chi connectivity index (χ4n) is 1.14. The number of rotatable bonds is 5. The van der Waals surface area contributed by atoms with Crippen molar-refractivity contribution in [1.82, 2.24) is 10.6 Å². The molecular weight excluding hydrogens is 212 g/mol. The van der Waals surface area contributed by atoms with E-state index in [-0.39, 0.29) is 0 Å². The minimum atomic E-state index is -1.04. The van der Waals surface area contributed by atoms with E-state index in [1.54, 1.807) is 7.11 Å². The Balaban J connectivity index is 2.35. The Bertz CT molecular complexity index is 297. The minimum Gasteiger partial charge on any atom is -0.480 e. The quantitative estimate of drug-likeness (QED) is 0.635. The molecule has 1 aliphatic rings. The van der Waals surface area contributed by atoms with Gasteiger partial charge in [0.2, 0.25) is 0 Å². The zero-order valence-corrected chi connectivity index (χ0v) is 9.79. The molecule has 6 heteroatoms. The Hall–Kier alpha value is -1.30. The van der Waals surface area contributed by atoms with Crippen LogP contribution in [0.15, 0.2) is 0 Å². The number of hydrogen-bond acceptors (Lipinski definition) is 3. The summed E-state index contributed by atoms with van der Waals surface area (Å²) in [7, 11) is 1.55. The Labute approximate surface area is 94.3 Å². The van der Waals surface area contributed by atoms with E-state index in [0.29, 0.717) is 19.4 Å². The molecule has 0 bridgehead atoms. The highest BCUT2D eigenvalue weighted by atomic mass is 16.5. The van der Waals surface area contributed by atoms with Gasteiger partial charge >= 0.3 is 12.0 Å². The predicted octanol–water partition coefficient (Wildman–Crippen LogP) is 0.328. The first-order chi connectivity index (χ1) is 7.31. The number of methoxy groups -OCH3 is 1. The smallest absolute Gasteiger partial charge is 0.329 e. The van der Waals surface area contributed by atoms with E-state index < -0.39 is 23.1 Å². The molecule has 1 aliphatic carbocycles. The molecule has 1 fully saturated rings. The molecule has 0 unspecified atom stereocenters. The molecular formula is C10H18N2O4. The van der Waals surface area contributed by atoms with Crippen molar-refractivity contribution in [2.24, 2.45) is 0 Å². The molecule has 1 rings (SSSR count). The third-order valence-electron chi connectivity index (χ3n) is 2.74. The number of carbonyl (C=O) groups is 2. The SMILES string of the molecule is COC(C)(C)CNC(=O)NC1(C(=O)O)CC1. The summed E-state index contributed by atoms with van der Waals surface area (Å²) >= 11 is 0. The molecule has 6 nitrogen and oxygen atoms in total. The van der Waals surface area contributed by atoms with Crippen LogP contribution in [0.5, 0.6) is 0 Å². The number of hydrogen-bond donors (Lipinski definition) is 3. The summed E-state index contributed by atoms with van der Waals surface area (Å²) in [4.78, 5) is 22.2. The highest BCUT2D eigenvalue weighted by molar-refractivity contribution is 5.88. The van der Waals surface area contributed by atoms with Crippen molar-refractivity contribution in [3.05, 3.63) is 0 Å². The van der Waals surface area contributed by atoms with Gasteiger partial charge in [0.1, 0.15) is 5.54 Å². The van der Waals surface area contributed by atoms with Crippen molar-refractivity contribution in [2.75, 3.05) is 13.7 Å². The van der Waals surface area contributed by atoms with Crippen LogP contribution in [0, 0.1) is 0 Å². The molecule has 0 radical (unpaired) electrons. The first kappa shape index (κ1) is 12.8. The monoisotopic (exact) mass is 230 g/mol. The summed E-state index contributed by atoms with van der Waals surface area (Å²) in [5.74, 6) is -0.978. The summed E-state index contributed by atoms with van der Waals surface area (Å²) in [5.41, 5.74) is -1.50. The second-order valence-electron chi connectivity index (χ2n) is 4.66. The number of nitrogens with one attached hydrogen (secondary N) is 2. The maximum Gasteiger partial charge on any atom is 0.329 e. The number of carboxylic acid groups (broad SMARTS) is 1. The van der Waals surface area contributed by atoms with Crippen molar-refractivity contribution in [2.45, 2.75) is 37.8 Å². The van der Waals surface area contributed by atoms with Crippen LogP contribution in [0.25, 0.3) is 0 Å². The van der Waals surface area contributed by atoms with Gasteiger partial charge in [-0.1, -0.05) is 0 Å². The average molecular weight is 230 g/mol. The molecule has 0 spiro atoms. The predicted molar refractivity (Wildman–Crippen MR) is 57.2 cm³/mol. The molecule has 3 N–H and O–H groups in total. The Kier molecular flexibility index (Phi) is 3.42. The van der Waals surface area contributed by atoms with Crippen molar-refractivity contribution < 1.29 is 19.4 Å². The van der Waals surface area contributed by atoms with Gasteiger partial charge in [-0.3, -0.25) is 0 Å². The van der Waals surface area contributed by atoms with Gasteiger partial charge in [0.25, 0.3) is 0 Å². The van der Waals surface area contributed by atoms with E-state index in [1.165, 1.54) is 0 Å². The fourth-order valence-corrected chi connectivity index (χ4v) is 1.14. The lowest BCUT2D eigenvalue weighted by Gasteiger charge is -2.23. The van der Waals surface area contributed by atoms with Crippen LogP contribution in [-0.4, -0.2) is 41.9 Å². The Morgan fingerprint density at radius 1 is 1.44 bits per heavy atom. The summed E-state index contributed by atoms with van der Waals surface area (Å²) in [6.07, 6.45) is 0.979. The van der Waals surface area contributed by atoms with Crippen LogP contribution in [0.4, 0.5) is 4.79 Å². The highest BCUT2D eigenvalue weighted by Crippen LogP contribution is 2.35. The third-order valence-corrected chi connectivity index (χ3v) is 2.74. The third kappa shape index (κ3) is 3.10. The van der Waals surface area contributed by atoms with Gasteiger partial charge in [-0.2, -0.15) is 0 Å². The van der Waals surface area contributed by atoms with Crippen LogP contribution < -0.4 is 10.6 Å². The van der Waals surface area contributed by atoms with E-state index in [4.69, 9.17) is 9.84 Å². The Morgan fingerprint density at radius 3 is 2.38 bits per heavy atom. The number of amides is 2. The molecule has 0 heterocycles. The maximum absolute atomic E-state index is 11.4. The van der Waals surface area contributed by atoms with Gasteiger partial charge in [-0.15, -0.1) is 0 Å². The van der Waals surface area contributed by atoms with Crippen molar-refractivity contribution in [3.8, 4) is 0 Å². The van der Waals surface area contributed by atoms with E-state index in [1.807, 2.05) is 13.8 Å². The van der Waals surface area contributed by atoms with E-state index >= 15 is 0 Å². The summed E-state index contributed by atoms with van der Waals surface area (Å²) in [6.45, 7) is 3.99. The van der Waals surface area contributed by atoms with E-state index in [0.717, 1.165) is 0 Å². The van der Waals surface area contributed by atoms with Gasteiger partial charge in [0.05, 0.1) is 5.60 Å². The topological polar surface area (TPSA) is 87.7 Å². The lowest BCUT2D eigenvalue weighted by molar-refractivity contribution is -0.140. The lowest BCUT2D eigenvalue weighted by atomic mass is 10.1. The number of carboxylic acids is 1. The van der Waals surface area contributed by atoms with E-state index in [9.17, 15) is 9.59 Å². The second kappa shape index (κ2) is 4.29. The lowest BCUT2D eigenvalue weighted by Crippen LogP contribution is -2.51. The normalized spacial score (nSPS) is 17.7. The first-order valence-corrected chi connectivity index (χ1v) is 5.16. The van der Waals surface area contributed by atoms with Gasteiger partial charge in [0, 0.05) is 13.7 Å². The standard InChI is InChI=1S/C10H18N2O4/c1-9(2,16-3)6-11-8(15)12-10(4-5-10)7(13)14/h4-6H2,1-3H3,(H,13,14)(H2,11,12,15). The first-order valence-electron chi connectivity index (χ1n) is 5.16. The molecule has 92 valence electrons. The maximum atomic E-state index is 11.4. The minimum absolute atomic E-state index is 0.324. The zero-order valence-electron chi connectivity index (χ0n) is 9.79. The zero-order chi connectivity index (χ0) is 12.4. The Morgan fingerprint density at radius 2 is 2.00 bits per heavy atom. The van der Waals surface area contributed by atoms with Crippen LogP contribution >= 0.6 is 0 Å². The van der Waals surface area contributed by atoms with Crippen molar-refractivity contribution in [1.29, 1.82) is 0 Å². The average Bonchev–Trinajstić information content (AvgIpc) is 2.96. The highest BCUT2D eigenvalue weighted by Gasteiger charge is 2.51. The molecule has 1 saturated carbocycles. The molecule has 0 aromatic rings. The fraction of sp³-hybridized carbons (Fsp3) is 0.800. The van der Waals surface area contributed by atoms with Crippen LogP contribution in [0.2, 0.25) is 0 Å². The number of ether oxygens (including phenoxy) is 1. The number of urea groups is 1. The summed E-state index contributed by atoms with van der Waals surface area (Å²) in [5, 5.41) is 13.9. The molecule has 2 amide bonds. The van der Waals surface area contributed by atoms with Gasteiger partial charge in [-0.25, -0.2) is 9.59 Å². The van der Waals surface area contributed by atoms with Gasteiger partial charge in [0.15, 0.2) is 0 Å². The van der Waals surface area contributed by atoms with Crippen LogP contribution in [-0.2, 0) is 9.53 Å². The summed E-state index contributed by atoms with van der Waals surface area (Å²) < 4.78 is 5.12. The van der Waals surface area contributed by atoms with Crippen LogP contribution in [0.1, 0.15) is 26.7 Å². The molecule has 0 aromatic heterocycles. The van der Waals surface area contributed by atoms with Crippen molar-refractivity contribution >= 4 is 12.0 Å². The second-order valence-corrected chi connectivity index (χ2v) is 4.66. The molecule has 0 atom stereocenters. The summed E-state index contributed by atoms with van der Waals surface area (Å²) in [6, 6.07) is -0.468. The van der Waals surface area contributed by atoms with Crippen LogP contribution in [0.3, 0.4) is 0 Å². The van der Waals surface area contributed by atoms with Gasteiger partial charge < -0.3 is 20.5 Å².